The fourth-order valence-corrected chi connectivity index (χ4v) is 2.53. The highest BCUT2D eigenvalue weighted by Gasteiger charge is 2.16. The second kappa shape index (κ2) is 10.7. The molecule has 25 heavy (non-hydrogen) atoms. The van der Waals surface area contributed by atoms with Crippen LogP contribution in [0.25, 0.3) is 0 Å². The van der Waals surface area contributed by atoms with Crippen molar-refractivity contribution in [2.45, 2.75) is 39.0 Å². The minimum atomic E-state index is 0.141. The number of hydrogen-bond donors (Lipinski definition) is 2. The summed E-state index contributed by atoms with van der Waals surface area (Å²) in [5.41, 5.74) is 0.964. The maximum absolute atomic E-state index is 6.32. The van der Waals surface area contributed by atoms with E-state index in [2.05, 4.69) is 35.7 Å². The third kappa shape index (κ3) is 7.24. The molecular weight excluding hydrogens is 358 g/mol. The molecule has 0 aliphatic carbocycles. The van der Waals surface area contributed by atoms with Gasteiger partial charge in [-0.2, -0.15) is 11.8 Å². The van der Waals surface area contributed by atoms with E-state index in [1.165, 1.54) is 0 Å². The number of aliphatic imine (C=N–C) groups is 1. The Labute approximate surface area is 160 Å². The van der Waals surface area contributed by atoms with Crippen molar-refractivity contribution in [3.05, 3.63) is 22.7 Å². The van der Waals surface area contributed by atoms with Crippen LogP contribution >= 0.6 is 23.4 Å². The summed E-state index contributed by atoms with van der Waals surface area (Å²) in [6, 6.07) is 3.78. The molecule has 0 aromatic heterocycles. The normalized spacial score (nSPS) is 12.0. The number of nitrogens with zero attached hydrogens (tertiary/aromatic N) is 1. The Bertz CT molecular complexity index is 580. The fraction of sp³-hybridized carbons (Fsp3) is 0.611. The minimum absolute atomic E-state index is 0.141. The van der Waals surface area contributed by atoms with Crippen LogP contribution in [0.4, 0.5) is 0 Å². The van der Waals surface area contributed by atoms with Gasteiger partial charge < -0.3 is 20.1 Å². The van der Waals surface area contributed by atoms with Gasteiger partial charge in [-0.05, 0) is 51.6 Å². The van der Waals surface area contributed by atoms with Crippen molar-refractivity contribution in [1.29, 1.82) is 0 Å². The van der Waals surface area contributed by atoms with Gasteiger partial charge in [0.25, 0.3) is 0 Å². The van der Waals surface area contributed by atoms with E-state index >= 15 is 0 Å². The number of hydrogen-bond acceptors (Lipinski definition) is 4. The molecule has 0 atom stereocenters. The predicted molar refractivity (Wildman–Crippen MR) is 110 cm³/mol. The Kier molecular flexibility index (Phi) is 9.28. The van der Waals surface area contributed by atoms with Crippen molar-refractivity contribution < 1.29 is 9.47 Å². The summed E-state index contributed by atoms with van der Waals surface area (Å²) in [5.74, 6) is 1.99. The second-order valence-corrected chi connectivity index (χ2v) is 7.98. The molecule has 0 amide bonds. The summed E-state index contributed by atoms with van der Waals surface area (Å²) in [7, 11) is 1.61. The highest BCUT2D eigenvalue weighted by Crippen LogP contribution is 2.36. The molecule has 5 nitrogen and oxygen atoms in total. The molecule has 142 valence electrons. The van der Waals surface area contributed by atoms with Gasteiger partial charge in [-0.15, -0.1) is 0 Å². The number of guanidine groups is 1. The first-order valence-electron chi connectivity index (χ1n) is 8.43. The lowest BCUT2D eigenvalue weighted by Gasteiger charge is -2.23. The van der Waals surface area contributed by atoms with Gasteiger partial charge in [-0.3, -0.25) is 0 Å². The van der Waals surface area contributed by atoms with E-state index in [0.717, 1.165) is 24.6 Å². The molecular formula is C18H30ClN3O2S. The molecule has 0 saturated heterocycles. The van der Waals surface area contributed by atoms with Crippen molar-refractivity contribution in [3.8, 4) is 11.5 Å². The van der Waals surface area contributed by atoms with E-state index in [4.69, 9.17) is 21.1 Å². The van der Waals surface area contributed by atoms with E-state index in [9.17, 15) is 0 Å². The van der Waals surface area contributed by atoms with Crippen molar-refractivity contribution in [2.24, 2.45) is 4.99 Å². The second-order valence-electron chi connectivity index (χ2n) is 6.05. The quantitative estimate of drug-likeness (QED) is 0.496. The molecule has 0 heterocycles. The zero-order chi connectivity index (χ0) is 18.9. The molecule has 0 spiro atoms. The predicted octanol–water partition coefficient (Wildman–Crippen LogP) is 3.94. The fourth-order valence-electron chi connectivity index (χ4n) is 2.03. The maximum atomic E-state index is 6.32. The monoisotopic (exact) mass is 387 g/mol. The molecule has 7 heteroatoms. The van der Waals surface area contributed by atoms with Crippen LogP contribution in [0.2, 0.25) is 5.02 Å². The van der Waals surface area contributed by atoms with Crippen LogP contribution in [0.5, 0.6) is 11.5 Å². The topological polar surface area (TPSA) is 54.9 Å². The molecule has 0 bridgehead atoms. The largest absolute Gasteiger partial charge is 0.493 e. The van der Waals surface area contributed by atoms with Crippen molar-refractivity contribution >= 4 is 29.3 Å². The highest BCUT2D eigenvalue weighted by molar-refractivity contribution is 7.99. The van der Waals surface area contributed by atoms with Gasteiger partial charge >= 0.3 is 0 Å². The average Bonchev–Trinajstić information content (AvgIpc) is 2.59. The molecule has 2 N–H and O–H groups in total. The number of rotatable bonds is 9. The van der Waals surface area contributed by atoms with E-state index in [1.807, 2.05) is 37.7 Å². The van der Waals surface area contributed by atoms with Crippen molar-refractivity contribution in [2.75, 3.05) is 33.1 Å². The smallest absolute Gasteiger partial charge is 0.191 e. The molecule has 1 aromatic rings. The van der Waals surface area contributed by atoms with Crippen LogP contribution in [0.15, 0.2) is 17.1 Å². The SMILES string of the molecule is CCNC(=NCc1cc(Cl)c(OCC)c(OC)c1)NCC(C)(C)SC. The van der Waals surface area contributed by atoms with E-state index in [-0.39, 0.29) is 4.75 Å². The van der Waals surface area contributed by atoms with Crippen LogP contribution in [-0.2, 0) is 6.54 Å². The average molecular weight is 388 g/mol. The number of methoxy groups -OCH3 is 1. The number of nitrogens with one attached hydrogen (secondary N) is 2. The lowest BCUT2D eigenvalue weighted by atomic mass is 10.2. The summed E-state index contributed by atoms with van der Waals surface area (Å²) in [6.45, 7) is 11.0. The van der Waals surface area contributed by atoms with E-state index in [1.54, 1.807) is 7.11 Å². The molecule has 0 saturated carbocycles. The standard InChI is InChI=1S/C18H30ClN3O2S/c1-7-20-17(22-12-18(3,4)25-6)21-11-13-9-14(19)16(24-8-2)15(10-13)23-5/h9-10H,7-8,11-12H2,1-6H3,(H2,20,21,22). The molecule has 1 rings (SSSR count). The number of ether oxygens (including phenoxy) is 2. The Morgan fingerprint density at radius 1 is 1.28 bits per heavy atom. The molecule has 0 unspecified atom stereocenters. The number of thioether (sulfide) groups is 1. The lowest BCUT2D eigenvalue weighted by Crippen LogP contribution is -2.43. The van der Waals surface area contributed by atoms with Crippen LogP contribution in [0.3, 0.4) is 0 Å². The van der Waals surface area contributed by atoms with Gasteiger partial charge in [-0.25, -0.2) is 4.99 Å². The summed E-state index contributed by atoms with van der Waals surface area (Å²) < 4.78 is 11.1. The summed E-state index contributed by atoms with van der Waals surface area (Å²) in [4.78, 5) is 4.64. The Hall–Kier alpha value is -1.27. The molecule has 0 fully saturated rings. The summed E-state index contributed by atoms with van der Waals surface area (Å²) in [6.07, 6.45) is 2.11. The first kappa shape index (κ1) is 21.8. The highest BCUT2D eigenvalue weighted by atomic mass is 35.5. The van der Waals surface area contributed by atoms with Gasteiger partial charge in [0.05, 0.1) is 25.3 Å². The third-order valence-corrected chi connectivity index (χ3v) is 5.11. The summed E-state index contributed by atoms with van der Waals surface area (Å²) >= 11 is 8.14. The number of benzene rings is 1. The number of halogens is 1. The zero-order valence-electron chi connectivity index (χ0n) is 16.0. The first-order chi connectivity index (χ1) is 11.9. The Morgan fingerprint density at radius 3 is 2.56 bits per heavy atom. The van der Waals surface area contributed by atoms with Crippen LogP contribution in [0.1, 0.15) is 33.3 Å². The molecule has 0 radical (unpaired) electrons. The van der Waals surface area contributed by atoms with Crippen LogP contribution in [-0.4, -0.2) is 43.8 Å². The van der Waals surface area contributed by atoms with Gasteiger partial charge in [0, 0.05) is 17.8 Å². The molecule has 0 aliphatic heterocycles. The van der Waals surface area contributed by atoms with E-state index < -0.39 is 0 Å². The molecule has 1 aromatic carbocycles. The van der Waals surface area contributed by atoms with Crippen LogP contribution in [0, 0.1) is 0 Å². The van der Waals surface area contributed by atoms with Gasteiger partial charge in [0.15, 0.2) is 17.5 Å². The van der Waals surface area contributed by atoms with Crippen LogP contribution < -0.4 is 20.1 Å². The Balaban J connectivity index is 2.89. The minimum Gasteiger partial charge on any atom is -0.493 e. The summed E-state index contributed by atoms with van der Waals surface area (Å²) in [5, 5.41) is 7.19. The van der Waals surface area contributed by atoms with Gasteiger partial charge in [0.1, 0.15) is 0 Å². The van der Waals surface area contributed by atoms with Gasteiger partial charge in [0.2, 0.25) is 0 Å². The molecule has 0 aliphatic rings. The lowest BCUT2D eigenvalue weighted by molar-refractivity contribution is 0.311. The zero-order valence-corrected chi connectivity index (χ0v) is 17.6. The first-order valence-corrected chi connectivity index (χ1v) is 10.0. The maximum Gasteiger partial charge on any atom is 0.191 e. The van der Waals surface area contributed by atoms with E-state index in [0.29, 0.717) is 29.7 Å². The third-order valence-electron chi connectivity index (χ3n) is 3.58. The Morgan fingerprint density at radius 2 is 2.00 bits per heavy atom. The van der Waals surface area contributed by atoms with Crippen molar-refractivity contribution in [1.82, 2.24) is 10.6 Å². The van der Waals surface area contributed by atoms with Gasteiger partial charge in [-0.1, -0.05) is 11.6 Å². The van der Waals surface area contributed by atoms with Crippen molar-refractivity contribution in [3.63, 3.8) is 0 Å².